The third-order valence-corrected chi connectivity index (χ3v) is 4.26. The maximum atomic E-state index is 12.2. The second-order valence-corrected chi connectivity index (χ2v) is 6.28. The zero-order valence-corrected chi connectivity index (χ0v) is 17.3. The Morgan fingerprint density at radius 1 is 1.12 bits per heavy atom. The molecule has 150 valence electrons. The lowest BCUT2D eigenvalue weighted by Gasteiger charge is -2.32. The summed E-state index contributed by atoms with van der Waals surface area (Å²) in [4.78, 5) is 17.0. The first-order valence-corrected chi connectivity index (χ1v) is 8.66. The second kappa shape index (κ2) is 14.2. The summed E-state index contributed by atoms with van der Waals surface area (Å²) in [7, 11) is 3.84. The van der Waals surface area contributed by atoms with E-state index in [2.05, 4.69) is 33.5 Å². The van der Waals surface area contributed by atoms with E-state index in [9.17, 15) is 4.79 Å². The van der Waals surface area contributed by atoms with Crippen LogP contribution in [0.4, 0.5) is 0 Å². The summed E-state index contributed by atoms with van der Waals surface area (Å²) in [5.74, 6) is -0.0104. The van der Waals surface area contributed by atoms with E-state index in [4.69, 9.17) is 4.74 Å². The molecule has 26 heavy (non-hydrogen) atoms. The number of piperazine rings is 1. The number of amides is 1. The van der Waals surface area contributed by atoms with Gasteiger partial charge in [-0.05, 0) is 24.7 Å². The second-order valence-electron chi connectivity index (χ2n) is 6.28. The molecule has 8 heteroatoms. The third kappa shape index (κ3) is 9.16. The van der Waals surface area contributed by atoms with Crippen molar-refractivity contribution in [3.8, 4) is 0 Å². The molecule has 1 aliphatic rings. The van der Waals surface area contributed by atoms with Crippen LogP contribution in [0.5, 0.6) is 0 Å². The van der Waals surface area contributed by atoms with Crippen molar-refractivity contribution in [1.82, 2.24) is 20.4 Å². The van der Waals surface area contributed by atoms with Crippen LogP contribution in [0.2, 0.25) is 0 Å². The number of methoxy groups -OCH3 is 1. The van der Waals surface area contributed by atoms with Gasteiger partial charge >= 0.3 is 0 Å². The molecule has 0 aliphatic carbocycles. The monoisotopic (exact) mass is 406 g/mol. The molecule has 0 unspecified atom stereocenters. The first-order chi connectivity index (χ1) is 11.7. The largest absolute Gasteiger partial charge is 0.383 e. The van der Waals surface area contributed by atoms with Crippen molar-refractivity contribution in [1.29, 1.82) is 0 Å². The number of nitrogens with one attached hydrogen (secondary N) is 2. The van der Waals surface area contributed by atoms with E-state index < -0.39 is 0 Å². The number of benzene rings is 1. The van der Waals surface area contributed by atoms with Gasteiger partial charge in [0.15, 0.2) is 0 Å². The van der Waals surface area contributed by atoms with Crippen molar-refractivity contribution in [3.63, 3.8) is 0 Å². The molecule has 2 N–H and O–H groups in total. The minimum atomic E-state index is -0.0104. The van der Waals surface area contributed by atoms with E-state index in [-0.39, 0.29) is 30.7 Å². The van der Waals surface area contributed by atoms with Gasteiger partial charge in [-0.1, -0.05) is 12.1 Å². The van der Waals surface area contributed by atoms with Gasteiger partial charge in [0.2, 0.25) is 0 Å². The average Bonchev–Trinajstić information content (AvgIpc) is 2.60. The van der Waals surface area contributed by atoms with E-state index in [1.54, 1.807) is 7.11 Å². The summed E-state index contributed by atoms with van der Waals surface area (Å²) in [6, 6.07) is 7.95. The van der Waals surface area contributed by atoms with Crippen LogP contribution in [-0.4, -0.2) is 82.3 Å². The maximum absolute atomic E-state index is 12.2. The van der Waals surface area contributed by atoms with Crippen molar-refractivity contribution in [3.05, 3.63) is 35.4 Å². The van der Waals surface area contributed by atoms with Gasteiger partial charge in [-0.15, -0.1) is 24.8 Å². The fourth-order valence-corrected chi connectivity index (χ4v) is 2.74. The third-order valence-electron chi connectivity index (χ3n) is 4.26. The standard InChI is InChI=1S/C18H30N4O2.2ClH/c1-21-9-11-22(12-10-21)15-16-4-3-5-17(14-16)18(23)20-7-6-19-8-13-24-2;;/h3-5,14,19H,6-13,15H2,1-2H3,(H,20,23);2*1H. The molecule has 0 atom stereocenters. The van der Waals surface area contributed by atoms with Gasteiger partial charge in [-0.25, -0.2) is 0 Å². The van der Waals surface area contributed by atoms with Gasteiger partial charge in [0.05, 0.1) is 6.61 Å². The zero-order chi connectivity index (χ0) is 17.2. The molecule has 2 rings (SSSR count). The Morgan fingerprint density at radius 2 is 1.85 bits per heavy atom. The van der Waals surface area contributed by atoms with E-state index in [1.165, 1.54) is 5.56 Å². The molecule has 1 aromatic rings. The maximum Gasteiger partial charge on any atom is 0.251 e. The van der Waals surface area contributed by atoms with Crippen molar-refractivity contribution in [2.24, 2.45) is 0 Å². The molecule has 0 radical (unpaired) electrons. The zero-order valence-electron chi connectivity index (χ0n) is 15.7. The number of ether oxygens (including phenoxy) is 1. The first-order valence-electron chi connectivity index (χ1n) is 8.66. The van der Waals surface area contributed by atoms with Crippen molar-refractivity contribution in [2.45, 2.75) is 6.54 Å². The molecular formula is C18H32Cl2N4O2. The quantitative estimate of drug-likeness (QED) is 0.604. The summed E-state index contributed by atoms with van der Waals surface area (Å²) in [6.45, 7) is 8.14. The minimum Gasteiger partial charge on any atom is -0.383 e. The Bertz CT molecular complexity index is 512. The van der Waals surface area contributed by atoms with Crippen LogP contribution in [0.15, 0.2) is 24.3 Å². The van der Waals surface area contributed by atoms with Gasteiger partial charge < -0.3 is 20.3 Å². The number of hydrogen-bond donors (Lipinski definition) is 2. The Hall–Kier alpha value is -0.890. The topological polar surface area (TPSA) is 56.8 Å². The first kappa shape index (κ1) is 25.1. The lowest BCUT2D eigenvalue weighted by molar-refractivity contribution is 0.0953. The summed E-state index contributed by atoms with van der Waals surface area (Å²) >= 11 is 0. The normalized spacial score (nSPS) is 15.0. The molecule has 0 spiro atoms. The molecular weight excluding hydrogens is 375 g/mol. The van der Waals surface area contributed by atoms with Crippen molar-refractivity contribution >= 4 is 30.7 Å². The predicted octanol–water partition coefficient (Wildman–Crippen LogP) is 1.24. The molecule has 1 heterocycles. The fourth-order valence-electron chi connectivity index (χ4n) is 2.74. The van der Waals surface area contributed by atoms with Crippen molar-refractivity contribution < 1.29 is 9.53 Å². The number of hydrogen-bond acceptors (Lipinski definition) is 5. The predicted molar refractivity (Wildman–Crippen MR) is 111 cm³/mol. The molecule has 0 saturated carbocycles. The van der Waals surface area contributed by atoms with Gasteiger partial charge in [-0.2, -0.15) is 0 Å². The van der Waals surface area contributed by atoms with Gasteiger partial charge in [-0.3, -0.25) is 9.69 Å². The van der Waals surface area contributed by atoms with Crippen LogP contribution in [-0.2, 0) is 11.3 Å². The molecule has 1 amide bonds. The summed E-state index contributed by atoms with van der Waals surface area (Å²) in [5, 5.41) is 6.16. The van der Waals surface area contributed by atoms with E-state index in [1.807, 2.05) is 18.2 Å². The lowest BCUT2D eigenvalue weighted by atomic mass is 10.1. The number of carbonyl (C=O) groups is 1. The van der Waals surface area contributed by atoms with Gasteiger partial charge in [0, 0.05) is 65.0 Å². The van der Waals surface area contributed by atoms with E-state index in [0.29, 0.717) is 13.2 Å². The molecule has 1 aliphatic heterocycles. The summed E-state index contributed by atoms with van der Waals surface area (Å²) in [5.41, 5.74) is 1.93. The molecule has 1 fully saturated rings. The highest BCUT2D eigenvalue weighted by molar-refractivity contribution is 5.94. The number of nitrogens with zero attached hydrogens (tertiary/aromatic N) is 2. The molecule has 0 aromatic heterocycles. The van der Waals surface area contributed by atoms with Crippen molar-refractivity contribution in [2.75, 3.05) is 66.6 Å². The summed E-state index contributed by atoms with van der Waals surface area (Å²) in [6.07, 6.45) is 0. The number of likely N-dealkylation sites (N-methyl/N-ethyl adjacent to an activating group) is 1. The van der Waals surface area contributed by atoms with Crippen LogP contribution >= 0.6 is 24.8 Å². The van der Waals surface area contributed by atoms with Gasteiger partial charge in [0.1, 0.15) is 0 Å². The van der Waals surface area contributed by atoms with E-state index >= 15 is 0 Å². The molecule has 6 nitrogen and oxygen atoms in total. The summed E-state index contributed by atoms with van der Waals surface area (Å²) < 4.78 is 4.96. The average molecular weight is 407 g/mol. The Morgan fingerprint density at radius 3 is 2.54 bits per heavy atom. The van der Waals surface area contributed by atoms with Crippen LogP contribution in [0, 0.1) is 0 Å². The van der Waals surface area contributed by atoms with Crippen LogP contribution in [0.3, 0.4) is 0 Å². The number of halogens is 2. The highest BCUT2D eigenvalue weighted by atomic mass is 35.5. The van der Waals surface area contributed by atoms with Gasteiger partial charge in [0.25, 0.3) is 5.91 Å². The van der Waals surface area contributed by atoms with Crippen LogP contribution < -0.4 is 10.6 Å². The van der Waals surface area contributed by atoms with Crippen LogP contribution in [0.1, 0.15) is 15.9 Å². The smallest absolute Gasteiger partial charge is 0.251 e. The lowest BCUT2D eigenvalue weighted by Crippen LogP contribution is -2.43. The Kier molecular flexibility index (Phi) is 13.7. The Balaban J connectivity index is 0.00000312. The number of carbonyl (C=O) groups excluding carboxylic acids is 1. The molecule has 0 bridgehead atoms. The Labute approximate surface area is 169 Å². The molecule has 1 aromatic carbocycles. The molecule has 1 saturated heterocycles. The van der Waals surface area contributed by atoms with Crippen LogP contribution in [0.25, 0.3) is 0 Å². The highest BCUT2D eigenvalue weighted by Gasteiger charge is 2.14. The number of rotatable bonds is 9. The SMILES string of the molecule is COCCNCCNC(=O)c1cccc(CN2CCN(C)CC2)c1.Cl.Cl. The fraction of sp³-hybridized carbons (Fsp3) is 0.611. The van der Waals surface area contributed by atoms with E-state index in [0.717, 1.165) is 51.4 Å². The highest BCUT2D eigenvalue weighted by Crippen LogP contribution is 2.10. The minimum absolute atomic E-state index is 0.